The van der Waals surface area contributed by atoms with Crippen molar-refractivity contribution in [3.8, 4) is 23.0 Å². The molecule has 15 nitrogen and oxygen atoms in total. The fourth-order valence-electron chi connectivity index (χ4n) is 4.82. The molecule has 0 bridgehead atoms. The van der Waals surface area contributed by atoms with Crippen LogP contribution in [0.5, 0.6) is 23.0 Å². The molecule has 3 aromatic rings. The number of carboxylic acids is 1. The standard InChI is InChI=1S/C22H28N4O6.C10H13NO4.2ClH/c27-11-9-23-5-7-25-13-1-2-14(26-8-6-24-10-12-28)18-17(13)21(31)19-15(29)3-4-16(30)20(19)22(18)32;1-10(11,9(14)15)5-6-2-3-7(12)8(13)4-6;;/h1-4,23-30H,5-12H2;2-4,12-13H,5,11H2,1H3,(H,14,15);2*1H. The number of nitrogens with two attached hydrogens (primary N) is 1. The number of ketones is 2. The Bertz CT molecular complexity index is 1530. The van der Waals surface area contributed by atoms with E-state index in [4.69, 9.17) is 26.2 Å². The lowest BCUT2D eigenvalue weighted by molar-refractivity contribution is -0.142. The molecule has 270 valence electrons. The van der Waals surface area contributed by atoms with E-state index in [9.17, 15) is 29.7 Å². The normalized spacial score (nSPS) is 12.6. The second-order valence-corrected chi connectivity index (χ2v) is 10.9. The van der Waals surface area contributed by atoms with Gasteiger partial charge in [0.05, 0.1) is 35.5 Å². The molecule has 0 fully saturated rings. The molecule has 13 N–H and O–H groups in total. The molecule has 1 atom stereocenters. The third-order valence-electron chi connectivity index (χ3n) is 7.19. The number of carbonyl (C=O) groups excluding carboxylic acids is 2. The topological polar surface area (TPSA) is 267 Å². The van der Waals surface area contributed by atoms with Crippen LogP contribution in [-0.4, -0.2) is 111 Å². The number of hydrogen-bond acceptors (Lipinski definition) is 14. The highest BCUT2D eigenvalue weighted by Gasteiger charge is 2.38. The Morgan fingerprint density at radius 3 is 1.47 bits per heavy atom. The number of carbonyl (C=O) groups is 3. The molecule has 0 aliphatic heterocycles. The maximum atomic E-state index is 13.4. The Labute approximate surface area is 295 Å². The fraction of sp³-hybridized carbons (Fsp3) is 0.344. The first-order chi connectivity index (χ1) is 22.3. The smallest absolute Gasteiger partial charge is 0.323 e. The molecule has 1 aliphatic carbocycles. The van der Waals surface area contributed by atoms with E-state index in [1.54, 1.807) is 12.1 Å². The van der Waals surface area contributed by atoms with Gasteiger partial charge in [0.15, 0.2) is 11.5 Å². The second kappa shape index (κ2) is 19.6. The van der Waals surface area contributed by atoms with Crippen molar-refractivity contribution in [3.63, 3.8) is 0 Å². The summed E-state index contributed by atoms with van der Waals surface area (Å²) in [5.41, 5.74) is 5.38. The minimum absolute atomic E-state index is 0. The number of fused-ring (bicyclic) bond motifs is 2. The number of aliphatic hydroxyl groups excluding tert-OH is 2. The number of aliphatic hydroxyl groups is 2. The van der Waals surface area contributed by atoms with E-state index < -0.39 is 23.1 Å². The largest absolute Gasteiger partial charge is 0.507 e. The van der Waals surface area contributed by atoms with E-state index in [0.717, 1.165) is 0 Å². The summed E-state index contributed by atoms with van der Waals surface area (Å²) in [6.07, 6.45) is 0.0795. The van der Waals surface area contributed by atoms with Crippen LogP contribution in [0.3, 0.4) is 0 Å². The lowest BCUT2D eigenvalue weighted by Gasteiger charge is -2.25. The van der Waals surface area contributed by atoms with Gasteiger partial charge in [0.2, 0.25) is 11.6 Å². The number of phenolic OH excluding ortho intramolecular Hbond substituents is 4. The first-order valence-electron chi connectivity index (χ1n) is 14.8. The van der Waals surface area contributed by atoms with Gasteiger partial charge < -0.3 is 62.7 Å². The van der Waals surface area contributed by atoms with Crippen molar-refractivity contribution in [2.75, 3.05) is 63.1 Å². The first kappa shape index (κ1) is 42.7. The number of anilines is 2. The maximum Gasteiger partial charge on any atom is 0.323 e. The van der Waals surface area contributed by atoms with Gasteiger partial charge in [0.1, 0.15) is 17.0 Å². The SMILES string of the molecule is CC(N)(Cc1ccc(O)c(O)c1)C(=O)O.Cl.Cl.O=C1c2c(O)ccc(O)c2C(=O)c2c(NCCNCCO)ccc(NCCNCCO)c21. The van der Waals surface area contributed by atoms with Crippen molar-refractivity contribution < 1.29 is 50.1 Å². The van der Waals surface area contributed by atoms with Crippen LogP contribution in [0.25, 0.3) is 0 Å². The van der Waals surface area contributed by atoms with Crippen LogP contribution in [0, 0.1) is 0 Å². The summed E-state index contributed by atoms with van der Waals surface area (Å²) in [5.74, 6) is -3.50. The monoisotopic (exact) mass is 727 g/mol. The number of phenols is 4. The van der Waals surface area contributed by atoms with Gasteiger partial charge in [0.25, 0.3) is 0 Å². The zero-order valence-corrected chi connectivity index (χ0v) is 28.3. The predicted molar refractivity (Wildman–Crippen MR) is 188 cm³/mol. The summed E-state index contributed by atoms with van der Waals surface area (Å²) in [5, 5.41) is 77.6. The van der Waals surface area contributed by atoms with E-state index in [-0.39, 0.29) is 89.7 Å². The molecular weight excluding hydrogens is 685 g/mol. The van der Waals surface area contributed by atoms with Crippen LogP contribution in [-0.2, 0) is 11.2 Å². The predicted octanol–water partition coefficient (Wildman–Crippen LogP) is 1.15. The number of nitrogens with one attached hydrogen (secondary N) is 4. The van der Waals surface area contributed by atoms with Crippen molar-refractivity contribution in [3.05, 3.63) is 70.3 Å². The number of benzene rings is 3. The number of hydrogen-bond donors (Lipinski definition) is 12. The highest BCUT2D eigenvalue weighted by molar-refractivity contribution is 6.33. The van der Waals surface area contributed by atoms with Crippen molar-refractivity contribution in [2.24, 2.45) is 5.73 Å². The molecule has 1 unspecified atom stereocenters. The minimum atomic E-state index is -1.39. The number of rotatable bonds is 15. The Kier molecular flexibility index (Phi) is 17.1. The van der Waals surface area contributed by atoms with E-state index in [1.807, 2.05) is 0 Å². The molecule has 0 saturated carbocycles. The van der Waals surface area contributed by atoms with Gasteiger partial charge in [-0.1, -0.05) is 6.07 Å². The van der Waals surface area contributed by atoms with E-state index in [0.29, 0.717) is 56.2 Å². The van der Waals surface area contributed by atoms with Crippen molar-refractivity contribution in [2.45, 2.75) is 18.9 Å². The third kappa shape index (κ3) is 10.8. The molecule has 1 aliphatic rings. The highest BCUT2D eigenvalue weighted by Crippen LogP contribution is 2.42. The van der Waals surface area contributed by atoms with Gasteiger partial charge in [-0.25, -0.2) is 0 Å². The van der Waals surface area contributed by atoms with Crippen molar-refractivity contribution >= 4 is 53.7 Å². The average molecular weight is 729 g/mol. The summed E-state index contributed by atoms with van der Waals surface area (Å²) in [6, 6.07) is 9.85. The summed E-state index contributed by atoms with van der Waals surface area (Å²) in [7, 11) is 0. The summed E-state index contributed by atoms with van der Waals surface area (Å²) < 4.78 is 0. The fourth-order valence-corrected chi connectivity index (χ4v) is 4.82. The lowest BCUT2D eigenvalue weighted by Crippen LogP contribution is -2.46. The molecule has 17 heteroatoms. The van der Waals surface area contributed by atoms with Gasteiger partial charge in [-0.15, -0.1) is 24.8 Å². The van der Waals surface area contributed by atoms with Crippen LogP contribution < -0.4 is 27.0 Å². The highest BCUT2D eigenvalue weighted by atomic mass is 35.5. The Balaban J connectivity index is 0.000000598. The first-order valence-corrected chi connectivity index (χ1v) is 14.8. The second-order valence-electron chi connectivity index (χ2n) is 10.9. The van der Waals surface area contributed by atoms with E-state index in [2.05, 4.69) is 21.3 Å². The summed E-state index contributed by atoms with van der Waals surface area (Å²) in [4.78, 5) is 37.5. The van der Waals surface area contributed by atoms with Gasteiger partial charge in [0, 0.05) is 57.1 Å². The minimum Gasteiger partial charge on any atom is -0.507 e. The van der Waals surface area contributed by atoms with Crippen LogP contribution in [0.1, 0.15) is 44.3 Å². The van der Waals surface area contributed by atoms with Crippen LogP contribution in [0.15, 0.2) is 42.5 Å². The van der Waals surface area contributed by atoms with Crippen molar-refractivity contribution in [1.82, 2.24) is 10.6 Å². The lowest BCUT2D eigenvalue weighted by atomic mass is 9.81. The Hall–Kier alpha value is -4.35. The van der Waals surface area contributed by atoms with Gasteiger partial charge in [-0.3, -0.25) is 14.4 Å². The molecule has 49 heavy (non-hydrogen) atoms. The van der Waals surface area contributed by atoms with Crippen LogP contribution in [0.2, 0.25) is 0 Å². The van der Waals surface area contributed by atoms with Gasteiger partial charge in [-0.05, 0) is 48.9 Å². The molecule has 4 rings (SSSR count). The maximum absolute atomic E-state index is 13.4. The third-order valence-corrected chi connectivity index (χ3v) is 7.19. The molecular formula is C32H43Cl2N5O10. The number of aliphatic carboxylic acids is 1. The van der Waals surface area contributed by atoms with E-state index in [1.165, 1.54) is 37.3 Å². The molecule has 0 radical (unpaired) electrons. The van der Waals surface area contributed by atoms with E-state index >= 15 is 0 Å². The summed E-state index contributed by atoms with van der Waals surface area (Å²) >= 11 is 0. The van der Waals surface area contributed by atoms with Crippen molar-refractivity contribution in [1.29, 1.82) is 0 Å². The molecule has 0 heterocycles. The zero-order chi connectivity index (χ0) is 34.7. The summed E-state index contributed by atoms with van der Waals surface area (Å²) in [6.45, 7) is 4.20. The molecule has 0 aromatic heterocycles. The Morgan fingerprint density at radius 1 is 0.653 bits per heavy atom. The van der Waals surface area contributed by atoms with Crippen LogP contribution in [0.4, 0.5) is 11.4 Å². The molecule has 3 aromatic carbocycles. The van der Waals surface area contributed by atoms with Gasteiger partial charge >= 0.3 is 5.97 Å². The molecule has 0 saturated heterocycles. The zero-order valence-electron chi connectivity index (χ0n) is 26.7. The Morgan fingerprint density at radius 2 is 1.08 bits per heavy atom. The number of aromatic hydroxyl groups is 4. The number of carboxylic acid groups (broad SMARTS) is 1. The quantitative estimate of drug-likeness (QED) is 0.0465. The molecule has 0 amide bonds. The van der Waals surface area contributed by atoms with Gasteiger partial charge in [-0.2, -0.15) is 0 Å². The van der Waals surface area contributed by atoms with Crippen LogP contribution >= 0.6 is 24.8 Å². The average Bonchev–Trinajstić information content (AvgIpc) is 3.02. The molecule has 0 spiro atoms. The number of halogens is 2.